The second-order valence-electron chi connectivity index (χ2n) is 4.36. The van der Waals surface area contributed by atoms with Gasteiger partial charge in [-0.2, -0.15) is 0 Å². The summed E-state index contributed by atoms with van der Waals surface area (Å²) in [4.78, 5) is 14.1. The molecule has 2 aromatic rings. The van der Waals surface area contributed by atoms with E-state index in [1.807, 2.05) is 43.4 Å². The molecule has 2 rings (SSSR count). The lowest BCUT2D eigenvalue weighted by Crippen LogP contribution is -2.26. The normalized spacial score (nSPS) is 9.95. The number of hydrogen-bond donors (Lipinski definition) is 1. The molecule has 0 radical (unpaired) electrons. The van der Waals surface area contributed by atoms with Crippen LogP contribution in [-0.2, 0) is 0 Å². The summed E-state index contributed by atoms with van der Waals surface area (Å²) < 4.78 is 5.29. The summed E-state index contributed by atoms with van der Waals surface area (Å²) in [7, 11) is 5.18. The van der Waals surface area contributed by atoms with Crippen molar-refractivity contribution in [1.29, 1.82) is 0 Å². The van der Waals surface area contributed by atoms with Gasteiger partial charge in [0, 0.05) is 25.3 Å². The molecule has 0 saturated carbocycles. The maximum Gasteiger partial charge on any atom is 0.258 e. The summed E-state index contributed by atoms with van der Waals surface area (Å²) in [6, 6.07) is 14.8. The Morgan fingerprint density at radius 3 is 2.35 bits per heavy atom. The first kappa shape index (κ1) is 13.9. The van der Waals surface area contributed by atoms with Crippen molar-refractivity contribution in [2.75, 3.05) is 31.4 Å². The molecule has 4 heteroatoms. The van der Waals surface area contributed by atoms with Crippen molar-refractivity contribution < 1.29 is 9.53 Å². The van der Waals surface area contributed by atoms with Crippen molar-refractivity contribution >= 4 is 17.3 Å². The number of para-hydroxylation sites is 2. The Balaban J connectivity index is 2.27. The van der Waals surface area contributed by atoms with Gasteiger partial charge >= 0.3 is 0 Å². The topological polar surface area (TPSA) is 41.6 Å². The molecule has 104 valence electrons. The SMILES string of the molecule is CNc1ccc(C(=O)N(C)c2ccccc2OC)cc1. The minimum Gasteiger partial charge on any atom is -0.495 e. The average Bonchev–Trinajstić information content (AvgIpc) is 2.53. The molecular weight excluding hydrogens is 252 g/mol. The number of nitrogens with one attached hydrogen (secondary N) is 1. The fourth-order valence-electron chi connectivity index (χ4n) is 1.99. The molecular formula is C16H18N2O2. The highest BCUT2D eigenvalue weighted by Crippen LogP contribution is 2.27. The Kier molecular flexibility index (Phi) is 4.25. The lowest BCUT2D eigenvalue weighted by atomic mass is 10.1. The van der Waals surface area contributed by atoms with Gasteiger partial charge in [-0.25, -0.2) is 0 Å². The highest BCUT2D eigenvalue weighted by molar-refractivity contribution is 6.06. The van der Waals surface area contributed by atoms with Gasteiger partial charge in [0.15, 0.2) is 0 Å². The number of amides is 1. The summed E-state index contributed by atoms with van der Waals surface area (Å²) in [5, 5.41) is 3.03. The minimum absolute atomic E-state index is 0.0721. The van der Waals surface area contributed by atoms with Crippen LogP contribution in [0.2, 0.25) is 0 Å². The third-order valence-electron chi connectivity index (χ3n) is 3.17. The van der Waals surface area contributed by atoms with E-state index in [2.05, 4.69) is 5.32 Å². The monoisotopic (exact) mass is 270 g/mol. The highest BCUT2D eigenvalue weighted by atomic mass is 16.5. The van der Waals surface area contributed by atoms with Crippen LogP contribution in [0.1, 0.15) is 10.4 Å². The standard InChI is InChI=1S/C16H18N2O2/c1-17-13-10-8-12(9-11-13)16(19)18(2)14-6-4-5-7-15(14)20-3/h4-11,17H,1-3H3. The lowest BCUT2D eigenvalue weighted by Gasteiger charge is -2.20. The molecule has 0 atom stereocenters. The summed E-state index contributed by atoms with van der Waals surface area (Å²) in [6.07, 6.45) is 0. The zero-order chi connectivity index (χ0) is 14.5. The Morgan fingerprint density at radius 1 is 1.10 bits per heavy atom. The molecule has 1 amide bonds. The molecule has 4 nitrogen and oxygen atoms in total. The maximum atomic E-state index is 12.5. The molecule has 0 unspecified atom stereocenters. The van der Waals surface area contributed by atoms with Gasteiger partial charge in [0.25, 0.3) is 5.91 Å². The third kappa shape index (κ3) is 2.74. The van der Waals surface area contributed by atoms with E-state index in [0.29, 0.717) is 11.3 Å². The van der Waals surface area contributed by atoms with Crippen molar-refractivity contribution in [3.05, 3.63) is 54.1 Å². The number of benzene rings is 2. The van der Waals surface area contributed by atoms with Crippen molar-refractivity contribution in [2.24, 2.45) is 0 Å². The molecule has 2 aromatic carbocycles. The fourth-order valence-corrected chi connectivity index (χ4v) is 1.99. The van der Waals surface area contributed by atoms with E-state index in [0.717, 1.165) is 11.4 Å². The number of carbonyl (C=O) groups is 1. The Hall–Kier alpha value is -2.49. The van der Waals surface area contributed by atoms with E-state index in [1.54, 1.807) is 31.2 Å². The van der Waals surface area contributed by atoms with Crippen LogP contribution in [0.15, 0.2) is 48.5 Å². The summed E-state index contributed by atoms with van der Waals surface area (Å²) in [5.41, 5.74) is 2.36. The number of anilines is 2. The van der Waals surface area contributed by atoms with Crippen molar-refractivity contribution in [2.45, 2.75) is 0 Å². The van der Waals surface area contributed by atoms with Crippen LogP contribution in [-0.4, -0.2) is 27.1 Å². The van der Waals surface area contributed by atoms with Gasteiger partial charge in [-0.3, -0.25) is 4.79 Å². The minimum atomic E-state index is -0.0721. The number of methoxy groups -OCH3 is 1. The van der Waals surface area contributed by atoms with E-state index in [-0.39, 0.29) is 5.91 Å². The molecule has 0 aliphatic rings. The molecule has 0 saturated heterocycles. The average molecular weight is 270 g/mol. The van der Waals surface area contributed by atoms with Crippen LogP contribution in [0, 0.1) is 0 Å². The van der Waals surface area contributed by atoms with E-state index in [4.69, 9.17) is 4.74 Å². The zero-order valence-corrected chi connectivity index (χ0v) is 11.9. The fraction of sp³-hybridized carbons (Fsp3) is 0.188. The molecule has 20 heavy (non-hydrogen) atoms. The van der Waals surface area contributed by atoms with Gasteiger partial charge in [-0.15, -0.1) is 0 Å². The van der Waals surface area contributed by atoms with Gasteiger partial charge < -0.3 is 15.0 Å². The molecule has 0 bridgehead atoms. The maximum absolute atomic E-state index is 12.5. The summed E-state index contributed by atoms with van der Waals surface area (Å²) in [5.74, 6) is 0.604. The van der Waals surface area contributed by atoms with E-state index in [9.17, 15) is 4.79 Å². The van der Waals surface area contributed by atoms with Gasteiger partial charge in [-0.05, 0) is 36.4 Å². The molecule has 0 aliphatic carbocycles. The number of rotatable bonds is 4. The van der Waals surface area contributed by atoms with Crippen molar-refractivity contribution in [3.63, 3.8) is 0 Å². The second-order valence-corrected chi connectivity index (χ2v) is 4.36. The second kappa shape index (κ2) is 6.10. The zero-order valence-electron chi connectivity index (χ0n) is 11.9. The number of ether oxygens (including phenoxy) is 1. The predicted molar refractivity (Wildman–Crippen MR) is 81.7 cm³/mol. The van der Waals surface area contributed by atoms with Crippen LogP contribution in [0.3, 0.4) is 0 Å². The van der Waals surface area contributed by atoms with E-state index < -0.39 is 0 Å². The smallest absolute Gasteiger partial charge is 0.258 e. The van der Waals surface area contributed by atoms with E-state index >= 15 is 0 Å². The Labute approximate surface area is 119 Å². The molecule has 0 heterocycles. The molecule has 0 aromatic heterocycles. The summed E-state index contributed by atoms with van der Waals surface area (Å²) in [6.45, 7) is 0. The Morgan fingerprint density at radius 2 is 1.75 bits per heavy atom. The quantitative estimate of drug-likeness (QED) is 0.928. The van der Waals surface area contributed by atoms with Crippen LogP contribution >= 0.6 is 0 Å². The van der Waals surface area contributed by atoms with E-state index in [1.165, 1.54) is 0 Å². The van der Waals surface area contributed by atoms with Crippen LogP contribution in [0.5, 0.6) is 5.75 Å². The molecule has 0 spiro atoms. The Bertz CT molecular complexity index is 594. The predicted octanol–water partition coefficient (Wildman–Crippen LogP) is 3.01. The lowest BCUT2D eigenvalue weighted by molar-refractivity contribution is 0.0992. The number of nitrogens with zero attached hydrogens (tertiary/aromatic N) is 1. The highest BCUT2D eigenvalue weighted by Gasteiger charge is 2.16. The molecule has 0 aliphatic heterocycles. The first-order chi connectivity index (χ1) is 9.67. The van der Waals surface area contributed by atoms with Crippen LogP contribution in [0.4, 0.5) is 11.4 Å². The first-order valence-electron chi connectivity index (χ1n) is 6.36. The largest absolute Gasteiger partial charge is 0.495 e. The number of carbonyl (C=O) groups excluding carboxylic acids is 1. The molecule has 0 fully saturated rings. The van der Waals surface area contributed by atoms with Crippen molar-refractivity contribution in [1.82, 2.24) is 0 Å². The molecule has 1 N–H and O–H groups in total. The van der Waals surface area contributed by atoms with Gasteiger partial charge in [0.05, 0.1) is 12.8 Å². The number of hydrogen-bond acceptors (Lipinski definition) is 3. The third-order valence-corrected chi connectivity index (χ3v) is 3.17. The van der Waals surface area contributed by atoms with Gasteiger partial charge in [0.1, 0.15) is 5.75 Å². The van der Waals surface area contributed by atoms with Gasteiger partial charge in [-0.1, -0.05) is 12.1 Å². The van der Waals surface area contributed by atoms with Crippen molar-refractivity contribution in [3.8, 4) is 5.75 Å². The van der Waals surface area contributed by atoms with Crippen LogP contribution < -0.4 is 15.0 Å². The summed E-state index contributed by atoms with van der Waals surface area (Å²) >= 11 is 0. The van der Waals surface area contributed by atoms with Crippen LogP contribution in [0.25, 0.3) is 0 Å². The first-order valence-corrected chi connectivity index (χ1v) is 6.36. The van der Waals surface area contributed by atoms with Gasteiger partial charge in [0.2, 0.25) is 0 Å².